The van der Waals surface area contributed by atoms with E-state index in [1.165, 1.54) is 0 Å². The number of hydrogen-bond donors (Lipinski definition) is 0. The van der Waals surface area contributed by atoms with Crippen molar-refractivity contribution in [1.29, 1.82) is 0 Å². The Labute approximate surface area is 95.4 Å². The van der Waals surface area contributed by atoms with Crippen LogP contribution in [0, 0.1) is 5.92 Å². The van der Waals surface area contributed by atoms with Crippen LogP contribution in [0.3, 0.4) is 0 Å². The van der Waals surface area contributed by atoms with Crippen LogP contribution in [0.15, 0.2) is 24.3 Å². The van der Waals surface area contributed by atoms with Crippen LogP contribution >= 0.6 is 0 Å². The minimum Gasteiger partial charge on any atom is -0.497 e. The lowest BCUT2D eigenvalue weighted by Crippen LogP contribution is -2.16. The van der Waals surface area contributed by atoms with Crippen LogP contribution in [-0.4, -0.2) is 26.1 Å². The minimum absolute atomic E-state index is 0.0992. The zero-order valence-electron chi connectivity index (χ0n) is 9.44. The van der Waals surface area contributed by atoms with E-state index in [1.807, 2.05) is 24.3 Å². The maximum Gasteiger partial charge on any atom is 0.142 e. The van der Waals surface area contributed by atoms with Crippen molar-refractivity contribution in [2.24, 2.45) is 5.92 Å². The first-order valence-corrected chi connectivity index (χ1v) is 5.53. The highest BCUT2D eigenvalue weighted by molar-refractivity contribution is 5.83. The molecule has 0 saturated carbocycles. The second-order valence-corrected chi connectivity index (χ2v) is 4.05. The highest BCUT2D eigenvalue weighted by atomic mass is 16.5. The molecule has 0 aromatic heterocycles. The SMILES string of the molecule is COc1ccc(CC(=O)C2CCOC2)cc1. The fourth-order valence-electron chi connectivity index (χ4n) is 1.88. The molecule has 0 aliphatic carbocycles. The van der Waals surface area contributed by atoms with Gasteiger partial charge in [0.15, 0.2) is 0 Å². The maximum atomic E-state index is 11.9. The van der Waals surface area contributed by atoms with E-state index in [0.29, 0.717) is 13.0 Å². The summed E-state index contributed by atoms with van der Waals surface area (Å²) in [5.74, 6) is 1.20. The standard InChI is InChI=1S/C13H16O3/c1-15-12-4-2-10(3-5-12)8-13(14)11-6-7-16-9-11/h2-5,11H,6-9H2,1H3. The molecule has 1 aromatic carbocycles. The number of benzene rings is 1. The zero-order valence-corrected chi connectivity index (χ0v) is 9.44. The molecule has 3 nitrogen and oxygen atoms in total. The van der Waals surface area contributed by atoms with E-state index in [0.717, 1.165) is 24.3 Å². The van der Waals surface area contributed by atoms with Gasteiger partial charge in [0, 0.05) is 18.9 Å². The number of carbonyl (C=O) groups is 1. The Morgan fingerprint density at radius 2 is 2.19 bits per heavy atom. The number of methoxy groups -OCH3 is 1. The Morgan fingerprint density at radius 1 is 1.44 bits per heavy atom. The smallest absolute Gasteiger partial charge is 0.142 e. The van der Waals surface area contributed by atoms with Gasteiger partial charge in [-0.15, -0.1) is 0 Å². The molecule has 1 aromatic rings. The van der Waals surface area contributed by atoms with Crippen molar-refractivity contribution in [3.8, 4) is 5.75 Å². The van der Waals surface area contributed by atoms with E-state index in [-0.39, 0.29) is 11.7 Å². The molecule has 1 aliphatic rings. The van der Waals surface area contributed by atoms with Crippen molar-refractivity contribution >= 4 is 5.78 Å². The molecule has 1 atom stereocenters. The maximum absolute atomic E-state index is 11.9. The van der Waals surface area contributed by atoms with Crippen LogP contribution in [0.25, 0.3) is 0 Å². The Bertz CT molecular complexity index is 350. The van der Waals surface area contributed by atoms with Crippen molar-refractivity contribution in [3.05, 3.63) is 29.8 Å². The third-order valence-electron chi connectivity index (χ3n) is 2.92. The van der Waals surface area contributed by atoms with Gasteiger partial charge in [0.2, 0.25) is 0 Å². The van der Waals surface area contributed by atoms with Gasteiger partial charge in [0.1, 0.15) is 11.5 Å². The Balaban J connectivity index is 1.94. The first-order chi connectivity index (χ1) is 7.79. The molecule has 1 heterocycles. The van der Waals surface area contributed by atoms with E-state index in [1.54, 1.807) is 7.11 Å². The molecule has 2 rings (SSSR count). The molecule has 0 amide bonds. The predicted molar refractivity (Wildman–Crippen MR) is 60.6 cm³/mol. The molecule has 1 fully saturated rings. The molecule has 0 N–H and O–H groups in total. The van der Waals surface area contributed by atoms with Gasteiger partial charge in [-0.2, -0.15) is 0 Å². The third-order valence-corrected chi connectivity index (χ3v) is 2.92. The van der Waals surface area contributed by atoms with Gasteiger partial charge >= 0.3 is 0 Å². The highest BCUT2D eigenvalue weighted by Gasteiger charge is 2.23. The van der Waals surface area contributed by atoms with Crippen molar-refractivity contribution in [1.82, 2.24) is 0 Å². The third kappa shape index (κ3) is 2.61. The number of ketones is 1. The minimum atomic E-state index is 0.0992. The van der Waals surface area contributed by atoms with Gasteiger partial charge in [-0.05, 0) is 24.1 Å². The zero-order chi connectivity index (χ0) is 11.4. The van der Waals surface area contributed by atoms with Crippen molar-refractivity contribution in [2.45, 2.75) is 12.8 Å². The van der Waals surface area contributed by atoms with Gasteiger partial charge in [-0.1, -0.05) is 12.1 Å². The summed E-state index contributed by atoms with van der Waals surface area (Å²) in [7, 11) is 1.63. The topological polar surface area (TPSA) is 35.5 Å². The molecule has 16 heavy (non-hydrogen) atoms. The quantitative estimate of drug-likeness (QED) is 0.776. The number of rotatable bonds is 4. The van der Waals surface area contributed by atoms with Gasteiger partial charge in [-0.3, -0.25) is 4.79 Å². The number of carbonyl (C=O) groups excluding carboxylic acids is 1. The average Bonchev–Trinajstić information content (AvgIpc) is 2.83. The van der Waals surface area contributed by atoms with Crippen LogP contribution in [-0.2, 0) is 16.0 Å². The van der Waals surface area contributed by atoms with Crippen LogP contribution in [0.4, 0.5) is 0 Å². The second-order valence-electron chi connectivity index (χ2n) is 4.05. The summed E-state index contributed by atoms with van der Waals surface area (Å²) in [5, 5.41) is 0. The molecule has 1 aliphatic heterocycles. The Hall–Kier alpha value is -1.35. The number of hydrogen-bond acceptors (Lipinski definition) is 3. The van der Waals surface area contributed by atoms with Gasteiger partial charge in [-0.25, -0.2) is 0 Å². The molecule has 3 heteroatoms. The molecule has 86 valence electrons. The lowest BCUT2D eigenvalue weighted by Gasteiger charge is -2.07. The van der Waals surface area contributed by atoms with Crippen molar-refractivity contribution in [3.63, 3.8) is 0 Å². The summed E-state index contributed by atoms with van der Waals surface area (Å²) in [6.07, 6.45) is 1.37. The van der Waals surface area contributed by atoms with Crippen molar-refractivity contribution < 1.29 is 14.3 Å². The largest absolute Gasteiger partial charge is 0.497 e. The normalized spacial score (nSPS) is 19.7. The second kappa shape index (κ2) is 5.12. The van der Waals surface area contributed by atoms with Gasteiger partial charge in [0.25, 0.3) is 0 Å². The summed E-state index contributed by atoms with van der Waals surface area (Å²) in [5.41, 5.74) is 1.04. The van der Waals surface area contributed by atoms with Crippen LogP contribution in [0.2, 0.25) is 0 Å². The molecule has 0 bridgehead atoms. The summed E-state index contributed by atoms with van der Waals surface area (Å²) >= 11 is 0. The Morgan fingerprint density at radius 3 is 2.75 bits per heavy atom. The highest BCUT2D eigenvalue weighted by Crippen LogP contribution is 2.17. The number of ether oxygens (including phenoxy) is 2. The fourth-order valence-corrected chi connectivity index (χ4v) is 1.88. The summed E-state index contributed by atoms with van der Waals surface area (Å²) in [4.78, 5) is 11.9. The van der Waals surface area contributed by atoms with Gasteiger partial charge < -0.3 is 9.47 Å². The lowest BCUT2D eigenvalue weighted by atomic mass is 9.97. The monoisotopic (exact) mass is 220 g/mol. The Kier molecular flexibility index (Phi) is 3.57. The summed E-state index contributed by atoms with van der Waals surface area (Å²) in [6.45, 7) is 1.31. The van der Waals surface area contributed by atoms with E-state index < -0.39 is 0 Å². The lowest BCUT2D eigenvalue weighted by molar-refractivity contribution is -0.122. The molecule has 0 radical (unpaired) electrons. The molecule has 1 saturated heterocycles. The van der Waals surface area contributed by atoms with Gasteiger partial charge in [0.05, 0.1) is 13.7 Å². The van der Waals surface area contributed by atoms with Crippen LogP contribution in [0.5, 0.6) is 5.75 Å². The first-order valence-electron chi connectivity index (χ1n) is 5.53. The molecule has 0 spiro atoms. The van der Waals surface area contributed by atoms with Crippen LogP contribution in [0.1, 0.15) is 12.0 Å². The summed E-state index contributed by atoms with van der Waals surface area (Å²) < 4.78 is 10.3. The van der Waals surface area contributed by atoms with E-state index in [2.05, 4.69) is 0 Å². The fraction of sp³-hybridized carbons (Fsp3) is 0.462. The van der Waals surface area contributed by atoms with E-state index >= 15 is 0 Å². The molecular formula is C13H16O3. The first kappa shape index (κ1) is 11.1. The van der Waals surface area contributed by atoms with E-state index in [9.17, 15) is 4.79 Å². The average molecular weight is 220 g/mol. The molecule has 1 unspecified atom stereocenters. The van der Waals surface area contributed by atoms with Crippen LogP contribution < -0.4 is 4.74 Å². The predicted octanol–water partition coefficient (Wildman–Crippen LogP) is 1.84. The van der Waals surface area contributed by atoms with E-state index in [4.69, 9.17) is 9.47 Å². The summed E-state index contributed by atoms with van der Waals surface area (Å²) in [6, 6.07) is 7.64. The molecular weight excluding hydrogens is 204 g/mol. The number of Topliss-reactive ketones (excluding diaryl/α,β-unsaturated/α-hetero) is 1. The van der Waals surface area contributed by atoms with Crippen molar-refractivity contribution in [2.75, 3.05) is 20.3 Å².